The van der Waals surface area contributed by atoms with Crippen LogP contribution >= 0.6 is 0 Å². The molecular formula is C14H18. The molecular weight excluding hydrogens is 168 g/mol. The van der Waals surface area contributed by atoms with Crippen molar-refractivity contribution >= 4 is 5.57 Å². The van der Waals surface area contributed by atoms with Crippen LogP contribution in [0.5, 0.6) is 0 Å². The molecule has 0 aromatic heterocycles. The third kappa shape index (κ3) is 2.35. The van der Waals surface area contributed by atoms with Crippen LogP contribution in [-0.4, -0.2) is 0 Å². The van der Waals surface area contributed by atoms with Gasteiger partial charge in [0, 0.05) is 0 Å². The van der Waals surface area contributed by atoms with E-state index in [0.717, 1.165) is 12.8 Å². The highest BCUT2D eigenvalue weighted by atomic mass is 14.1. The smallest absolute Gasteiger partial charge is 0.0193 e. The molecule has 0 heterocycles. The average molecular weight is 186 g/mol. The van der Waals surface area contributed by atoms with Crippen molar-refractivity contribution in [3.8, 4) is 0 Å². The molecule has 0 saturated carbocycles. The van der Waals surface area contributed by atoms with E-state index in [-0.39, 0.29) is 0 Å². The number of hydrogen-bond donors (Lipinski definition) is 0. The molecule has 14 heavy (non-hydrogen) atoms. The lowest BCUT2D eigenvalue weighted by Gasteiger charge is -2.09. The lowest BCUT2D eigenvalue weighted by molar-refractivity contribution is 1.11. The maximum absolute atomic E-state index is 3.75. The summed E-state index contributed by atoms with van der Waals surface area (Å²) in [4.78, 5) is 0. The molecule has 0 nitrogen and oxygen atoms in total. The first-order valence-electron chi connectivity index (χ1n) is 5.23. The van der Waals surface area contributed by atoms with Gasteiger partial charge >= 0.3 is 0 Å². The number of benzene rings is 1. The van der Waals surface area contributed by atoms with E-state index in [4.69, 9.17) is 0 Å². The second-order valence-corrected chi connectivity index (χ2v) is 3.29. The summed E-state index contributed by atoms with van der Waals surface area (Å²) in [5.41, 5.74) is 4.16. The monoisotopic (exact) mass is 186 g/mol. The van der Waals surface area contributed by atoms with Crippen molar-refractivity contribution < 1.29 is 0 Å². The summed E-state index contributed by atoms with van der Waals surface area (Å²) >= 11 is 0. The van der Waals surface area contributed by atoms with Crippen LogP contribution in [0.2, 0.25) is 0 Å². The minimum Gasteiger partial charge on any atom is -0.0991 e. The molecule has 0 fully saturated rings. The highest BCUT2D eigenvalue weighted by Crippen LogP contribution is 2.22. The molecule has 0 unspecified atom stereocenters. The molecule has 0 atom stereocenters. The highest BCUT2D eigenvalue weighted by molar-refractivity contribution is 5.69. The van der Waals surface area contributed by atoms with Gasteiger partial charge in [-0.05, 0) is 29.5 Å². The Morgan fingerprint density at radius 2 is 2.00 bits per heavy atom. The highest BCUT2D eigenvalue weighted by Gasteiger charge is 2.02. The normalized spacial score (nSPS) is 11.4. The summed E-state index contributed by atoms with van der Waals surface area (Å²) in [5.74, 6) is 0. The van der Waals surface area contributed by atoms with Crippen molar-refractivity contribution in [1.82, 2.24) is 0 Å². The molecule has 0 heteroatoms. The Hall–Kier alpha value is -1.30. The van der Waals surface area contributed by atoms with E-state index in [1.54, 1.807) is 0 Å². The van der Waals surface area contributed by atoms with E-state index in [9.17, 15) is 0 Å². The van der Waals surface area contributed by atoms with Gasteiger partial charge in [0.1, 0.15) is 0 Å². The maximum Gasteiger partial charge on any atom is -0.0193 e. The first-order chi connectivity index (χ1) is 6.83. The topological polar surface area (TPSA) is 0 Å². The largest absolute Gasteiger partial charge is 0.0991 e. The van der Waals surface area contributed by atoms with E-state index < -0.39 is 0 Å². The number of allylic oxidation sites excluding steroid dienone is 3. The maximum atomic E-state index is 3.75. The Morgan fingerprint density at radius 3 is 2.57 bits per heavy atom. The molecule has 0 aliphatic heterocycles. The first kappa shape index (κ1) is 10.8. The third-order valence-corrected chi connectivity index (χ3v) is 2.44. The predicted molar refractivity (Wildman–Crippen MR) is 64.3 cm³/mol. The van der Waals surface area contributed by atoms with Crippen LogP contribution in [0.15, 0.2) is 43.0 Å². The van der Waals surface area contributed by atoms with Crippen LogP contribution in [-0.2, 0) is 6.42 Å². The van der Waals surface area contributed by atoms with Gasteiger partial charge in [-0.1, -0.05) is 56.8 Å². The van der Waals surface area contributed by atoms with Crippen LogP contribution in [0, 0.1) is 0 Å². The van der Waals surface area contributed by atoms with Gasteiger partial charge in [-0.25, -0.2) is 0 Å². The van der Waals surface area contributed by atoms with Gasteiger partial charge in [-0.2, -0.15) is 0 Å². The van der Waals surface area contributed by atoms with Crippen molar-refractivity contribution in [3.05, 3.63) is 54.1 Å². The number of aryl methyl sites for hydroxylation is 1. The van der Waals surface area contributed by atoms with E-state index in [1.807, 2.05) is 6.08 Å². The lowest BCUT2D eigenvalue weighted by Crippen LogP contribution is -1.90. The van der Waals surface area contributed by atoms with Gasteiger partial charge in [0.05, 0.1) is 0 Å². The van der Waals surface area contributed by atoms with Crippen LogP contribution in [0.1, 0.15) is 31.4 Å². The Labute approximate surface area is 87.0 Å². The predicted octanol–water partition coefficient (Wildman–Crippen LogP) is 4.23. The quantitative estimate of drug-likeness (QED) is 0.617. The Kier molecular flexibility index (Phi) is 4.18. The summed E-state index contributed by atoms with van der Waals surface area (Å²) in [6.07, 6.45) is 6.12. The molecule has 0 saturated heterocycles. The van der Waals surface area contributed by atoms with E-state index in [0.29, 0.717) is 0 Å². The second kappa shape index (κ2) is 5.43. The first-order valence-corrected chi connectivity index (χ1v) is 5.23. The van der Waals surface area contributed by atoms with Gasteiger partial charge < -0.3 is 0 Å². The van der Waals surface area contributed by atoms with Gasteiger partial charge in [-0.3, -0.25) is 0 Å². The Balaban J connectivity index is 3.15. The minimum absolute atomic E-state index is 1.06. The molecule has 0 spiro atoms. The van der Waals surface area contributed by atoms with Crippen LogP contribution in [0.25, 0.3) is 5.57 Å². The van der Waals surface area contributed by atoms with E-state index in [1.165, 1.54) is 16.7 Å². The van der Waals surface area contributed by atoms with Gasteiger partial charge in [0.2, 0.25) is 0 Å². The number of hydrogen-bond acceptors (Lipinski definition) is 0. The fourth-order valence-electron chi connectivity index (χ4n) is 1.68. The van der Waals surface area contributed by atoms with Gasteiger partial charge in [0.15, 0.2) is 0 Å². The standard InChI is InChI=1S/C14H18/c1-4-9-12(5-2)14-11-8-7-10-13(14)6-3/h4,7-11H,1,5-6H2,2-3H3/b12-9-. The molecule has 74 valence electrons. The Bertz CT molecular complexity index is 332. The molecule has 0 bridgehead atoms. The molecule has 0 amide bonds. The van der Waals surface area contributed by atoms with E-state index in [2.05, 4.69) is 50.8 Å². The molecule has 1 rings (SSSR count). The molecule has 0 aliphatic rings. The van der Waals surface area contributed by atoms with Crippen molar-refractivity contribution in [2.75, 3.05) is 0 Å². The molecule has 0 aliphatic carbocycles. The van der Waals surface area contributed by atoms with Crippen molar-refractivity contribution in [2.45, 2.75) is 26.7 Å². The molecule has 1 aromatic rings. The van der Waals surface area contributed by atoms with Crippen LogP contribution in [0.3, 0.4) is 0 Å². The zero-order valence-electron chi connectivity index (χ0n) is 9.09. The summed E-state index contributed by atoms with van der Waals surface area (Å²) in [5, 5.41) is 0. The third-order valence-electron chi connectivity index (χ3n) is 2.44. The Morgan fingerprint density at radius 1 is 1.29 bits per heavy atom. The summed E-state index contributed by atoms with van der Waals surface area (Å²) in [6.45, 7) is 8.13. The van der Waals surface area contributed by atoms with Crippen molar-refractivity contribution in [1.29, 1.82) is 0 Å². The molecule has 0 N–H and O–H groups in total. The van der Waals surface area contributed by atoms with Crippen molar-refractivity contribution in [3.63, 3.8) is 0 Å². The molecule has 1 aromatic carbocycles. The summed E-state index contributed by atoms with van der Waals surface area (Å²) in [6, 6.07) is 8.59. The fraction of sp³-hybridized carbons (Fsp3) is 0.286. The van der Waals surface area contributed by atoms with Gasteiger partial charge in [-0.15, -0.1) is 0 Å². The summed E-state index contributed by atoms with van der Waals surface area (Å²) in [7, 11) is 0. The average Bonchev–Trinajstić information content (AvgIpc) is 2.26. The van der Waals surface area contributed by atoms with Crippen LogP contribution < -0.4 is 0 Å². The zero-order valence-corrected chi connectivity index (χ0v) is 9.09. The minimum atomic E-state index is 1.06. The van der Waals surface area contributed by atoms with Crippen LogP contribution in [0.4, 0.5) is 0 Å². The van der Waals surface area contributed by atoms with E-state index >= 15 is 0 Å². The molecule has 0 radical (unpaired) electrons. The second-order valence-electron chi connectivity index (χ2n) is 3.29. The fourth-order valence-corrected chi connectivity index (χ4v) is 1.68. The number of rotatable bonds is 4. The summed E-state index contributed by atoms with van der Waals surface area (Å²) < 4.78 is 0. The lowest BCUT2D eigenvalue weighted by atomic mass is 9.96. The SMILES string of the molecule is C=C/C=C(/CC)c1ccccc1CC. The zero-order chi connectivity index (χ0) is 10.4. The van der Waals surface area contributed by atoms with Crippen molar-refractivity contribution in [2.24, 2.45) is 0 Å². The van der Waals surface area contributed by atoms with Gasteiger partial charge in [0.25, 0.3) is 0 Å².